The molecule has 0 bridgehead atoms. The van der Waals surface area contributed by atoms with E-state index in [-0.39, 0.29) is 18.8 Å². The van der Waals surface area contributed by atoms with Crippen molar-refractivity contribution in [3.63, 3.8) is 0 Å². The van der Waals surface area contributed by atoms with Crippen LogP contribution in [-0.4, -0.2) is 65.8 Å². The zero-order chi connectivity index (χ0) is 26.6. The predicted octanol–water partition coefficient (Wildman–Crippen LogP) is 5.69. The number of hydrogen-bond donors (Lipinski definition) is 0. The maximum Gasteiger partial charge on any atom is 0.349 e. The van der Waals surface area contributed by atoms with E-state index in [1.54, 1.807) is 13.2 Å². The zero-order valence-corrected chi connectivity index (χ0v) is 22.6. The molecule has 1 aliphatic rings. The molecule has 3 aromatic rings. The number of methoxy groups -OCH3 is 1. The van der Waals surface area contributed by atoms with Crippen LogP contribution in [0.15, 0.2) is 54.1 Å². The first kappa shape index (κ1) is 27.8. The van der Waals surface area contributed by atoms with E-state index >= 15 is 0 Å². The molecule has 7 nitrogen and oxygen atoms in total. The van der Waals surface area contributed by atoms with Crippen molar-refractivity contribution < 1.29 is 23.7 Å². The van der Waals surface area contributed by atoms with Gasteiger partial charge in [-0.2, -0.15) is 5.26 Å². The molecule has 200 valence electrons. The number of carbonyl (C=O) groups excluding carboxylic acids is 1. The third-order valence-electron chi connectivity index (χ3n) is 6.35. The highest BCUT2D eigenvalue weighted by atomic mass is 32.1. The molecule has 8 heteroatoms. The molecule has 0 N–H and O–H groups in total. The number of piperidine rings is 1. The first-order chi connectivity index (χ1) is 18.7. The van der Waals surface area contributed by atoms with E-state index in [0.717, 1.165) is 28.4 Å². The van der Waals surface area contributed by atoms with Crippen LogP contribution in [0.3, 0.4) is 0 Å². The number of ether oxygens (including phenoxy) is 4. The standard InChI is InChI=1S/C30H34N2O5S/c1-34-13-14-35-15-16-36-17-18-37-30(33)26(22-31)21-28-9-10-29(38-28)25-6-5-24-20-27(8-7-23(24)19-25)32-11-3-2-4-12-32/h5-10,19-21H,2-4,11-18H2,1H3/b26-21+. The van der Waals surface area contributed by atoms with Gasteiger partial charge in [0.25, 0.3) is 0 Å². The maximum absolute atomic E-state index is 12.3. The second kappa shape index (κ2) is 14.6. The van der Waals surface area contributed by atoms with Gasteiger partial charge in [-0.15, -0.1) is 11.3 Å². The van der Waals surface area contributed by atoms with E-state index in [2.05, 4.69) is 41.3 Å². The van der Waals surface area contributed by atoms with Crippen LogP contribution in [0, 0.1) is 11.3 Å². The number of fused-ring (bicyclic) bond motifs is 1. The van der Waals surface area contributed by atoms with Gasteiger partial charge in [0.05, 0.1) is 33.0 Å². The fourth-order valence-corrected chi connectivity index (χ4v) is 5.28. The summed E-state index contributed by atoms with van der Waals surface area (Å²) in [5, 5.41) is 11.9. The summed E-state index contributed by atoms with van der Waals surface area (Å²) in [6.45, 7) is 4.46. The molecule has 0 saturated carbocycles. The Morgan fingerprint density at radius 1 is 0.921 bits per heavy atom. The molecule has 0 amide bonds. The zero-order valence-electron chi connectivity index (χ0n) is 21.8. The van der Waals surface area contributed by atoms with Gasteiger partial charge in [0, 0.05) is 35.6 Å². The van der Waals surface area contributed by atoms with Gasteiger partial charge in [-0.05, 0) is 72.0 Å². The Hall–Kier alpha value is -3.22. The van der Waals surface area contributed by atoms with E-state index in [1.165, 1.54) is 47.1 Å². The first-order valence-electron chi connectivity index (χ1n) is 13.0. The molecule has 1 fully saturated rings. The van der Waals surface area contributed by atoms with Crippen LogP contribution in [0.1, 0.15) is 24.1 Å². The van der Waals surface area contributed by atoms with E-state index in [0.29, 0.717) is 26.4 Å². The smallest absolute Gasteiger partial charge is 0.349 e. The topological polar surface area (TPSA) is 81.0 Å². The molecule has 1 aromatic heterocycles. The number of benzene rings is 2. The molecule has 0 aliphatic carbocycles. The van der Waals surface area contributed by atoms with Gasteiger partial charge in [0.15, 0.2) is 0 Å². The van der Waals surface area contributed by atoms with Crippen molar-refractivity contribution in [2.45, 2.75) is 19.3 Å². The molecule has 1 saturated heterocycles. The summed E-state index contributed by atoms with van der Waals surface area (Å²) in [5.41, 5.74) is 2.37. The van der Waals surface area contributed by atoms with Crippen LogP contribution >= 0.6 is 11.3 Å². The number of nitrogens with zero attached hydrogens (tertiary/aromatic N) is 2. The molecule has 0 radical (unpaired) electrons. The minimum Gasteiger partial charge on any atom is -0.459 e. The second-order valence-electron chi connectivity index (χ2n) is 9.02. The van der Waals surface area contributed by atoms with Gasteiger partial charge < -0.3 is 23.8 Å². The highest BCUT2D eigenvalue weighted by molar-refractivity contribution is 7.16. The van der Waals surface area contributed by atoms with Gasteiger partial charge in [-0.3, -0.25) is 0 Å². The minimum absolute atomic E-state index is 0.0370. The lowest BCUT2D eigenvalue weighted by Gasteiger charge is -2.29. The van der Waals surface area contributed by atoms with Crippen LogP contribution < -0.4 is 4.90 Å². The van der Waals surface area contributed by atoms with E-state index in [4.69, 9.17) is 18.9 Å². The number of nitriles is 1. The number of anilines is 1. The molecule has 2 aromatic carbocycles. The van der Waals surface area contributed by atoms with Gasteiger partial charge in [-0.25, -0.2) is 4.79 Å². The number of rotatable bonds is 13. The third kappa shape index (κ3) is 7.89. The molecular weight excluding hydrogens is 500 g/mol. The Morgan fingerprint density at radius 3 is 2.39 bits per heavy atom. The van der Waals surface area contributed by atoms with Crippen molar-refractivity contribution in [1.82, 2.24) is 0 Å². The third-order valence-corrected chi connectivity index (χ3v) is 7.43. The van der Waals surface area contributed by atoms with Crippen molar-refractivity contribution in [2.24, 2.45) is 0 Å². The first-order valence-corrected chi connectivity index (χ1v) is 13.8. The molecular formula is C30H34N2O5S. The Morgan fingerprint density at radius 2 is 1.63 bits per heavy atom. The summed E-state index contributed by atoms with van der Waals surface area (Å²) in [4.78, 5) is 16.7. The van der Waals surface area contributed by atoms with Crippen molar-refractivity contribution in [3.8, 4) is 16.5 Å². The molecule has 2 heterocycles. The lowest BCUT2D eigenvalue weighted by Crippen LogP contribution is -2.29. The van der Waals surface area contributed by atoms with Crippen LogP contribution in [0.4, 0.5) is 5.69 Å². The van der Waals surface area contributed by atoms with Gasteiger partial charge in [0.1, 0.15) is 18.2 Å². The van der Waals surface area contributed by atoms with E-state index in [1.807, 2.05) is 18.2 Å². The van der Waals surface area contributed by atoms with Gasteiger partial charge >= 0.3 is 5.97 Å². The molecule has 1 aliphatic heterocycles. The highest BCUT2D eigenvalue weighted by Crippen LogP contribution is 2.33. The number of thiophene rings is 1. The summed E-state index contributed by atoms with van der Waals surface area (Å²) in [7, 11) is 1.62. The van der Waals surface area contributed by atoms with Crippen molar-refractivity contribution in [2.75, 3.05) is 64.7 Å². The molecule has 0 atom stereocenters. The summed E-state index contributed by atoms with van der Waals surface area (Å²) in [5.74, 6) is -0.655. The quantitative estimate of drug-likeness (QED) is 0.121. The van der Waals surface area contributed by atoms with Crippen molar-refractivity contribution in [3.05, 3.63) is 59.0 Å². The van der Waals surface area contributed by atoms with Crippen LogP contribution in [0.25, 0.3) is 27.3 Å². The molecule has 38 heavy (non-hydrogen) atoms. The lowest BCUT2D eigenvalue weighted by atomic mass is 10.0. The van der Waals surface area contributed by atoms with E-state index in [9.17, 15) is 10.1 Å². The summed E-state index contributed by atoms with van der Waals surface area (Å²) < 4.78 is 20.8. The average Bonchev–Trinajstić information content (AvgIpc) is 3.43. The van der Waals surface area contributed by atoms with Crippen LogP contribution in [0.5, 0.6) is 0 Å². The predicted molar refractivity (Wildman–Crippen MR) is 151 cm³/mol. The normalized spacial score (nSPS) is 14.0. The Labute approximate surface area is 228 Å². The summed E-state index contributed by atoms with van der Waals surface area (Å²) in [6.07, 6.45) is 5.42. The Kier molecular flexibility index (Phi) is 10.7. The Balaban J connectivity index is 1.32. The van der Waals surface area contributed by atoms with Crippen molar-refractivity contribution in [1.29, 1.82) is 5.26 Å². The average molecular weight is 535 g/mol. The van der Waals surface area contributed by atoms with E-state index < -0.39 is 5.97 Å². The number of esters is 1. The number of carbonyl (C=O) groups is 1. The fourth-order valence-electron chi connectivity index (χ4n) is 4.34. The second-order valence-corrected chi connectivity index (χ2v) is 10.1. The van der Waals surface area contributed by atoms with Crippen LogP contribution in [0.2, 0.25) is 0 Å². The maximum atomic E-state index is 12.3. The van der Waals surface area contributed by atoms with Crippen LogP contribution in [-0.2, 0) is 23.7 Å². The SMILES string of the molecule is COCCOCCOCCOC(=O)/C(C#N)=C/c1ccc(-c2ccc3cc(N4CCCCC4)ccc3c2)s1. The fraction of sp³-hybridized carbons (Fsp3) is 0.400. The Bertz CT molecular complexity index is 1270. The highest BCUT2D eigenvalue weighted by Gasteiger charge is 2.13. The summed E-state index contributed by atoms with van der Waals surface area (Å²) >= 11 is 1.53. The lowest BCUT2D eigenvalue weighted by molar-refractivity contribution is -0.140. The largest absolute Gasteiger partial charge is 0.459 e. The minimum atomic E-state index is -0.655. The van der Waals surface area contributed by atoms with Gasteiger partial charge in [0.2, 0.25) is 0 Å². The molecule has 0 unspecified atom stereocenters. The monoisotopic (exact) mass is 534 g/mol. The number of hydrogen-bond acceptors (Lipinski definition) is 8. The molecule has 0 spiro atoms. The molecule has 4 rings (SSSR count). The summed E-state index contributed by atoms with van der Waals surface area (Å²) in [6, 6.07) is 19.1. The van der Waals surface area contributed by atoms with Gasteiger partial charge in [-0.1, -0.05) is 18.2 Å². The van der Waals surface area contributed by atoms with Crippen molar-refractivity contribution >= 4 is 39.8 Å².